The first-order valence-corrected chi connectivity index (χ1v) is 14.8. The molecule has 7 rings (SSSR count). The van der Waals surface area contributed by atoms with Gasteiger partial charge < -0.3 is 9.13 Å². The summed E-state index contributed by atoms with van der Waals surface area (Å²) in [5.41, 5.74) is 4.41. The highest BCUT2D eigenvalue weighted by atomic mass is 32.2. The molecule has 8 nitrogen and oxygen atoms in total. The Labute approximate surface area is 227 Å². The molecule has 2 aliphatic rings. The lowest BCUT2D eigenvalue weighted by Gasteiger charge is -2.24. The number of hydrogen-bond acceptors (Lipinski definition) is 5. The average molecular weight is 548 g/mol. The molecular weight excluding hydrogens is 514 g/mol. The van der Waals surface area contributed by atoms with E-state index in [0.717, 1.165) is 56.3 Å². The Morgan fingerprint density at radius 2 is 1.31 bits per heavy atom. The molecule has 2 amide bonds. The maximum atomic E-state index is 13.2. The van der Waals surface area contributed by atoms with Gasteiger partial charge in [0.25, 0.3) is 21.9 Å². The number of aromatic nitrogens is 2. The Kier molecular flexibility index (Phi) is 6.55. The van der Waals surface area contributed by atoms with Crippen molar-refractivity contribution in [3.05, 3.63) is 59.7 Å². The molecule has 0 saturated carbocycles. The minimum atomic E-state index is -3.66. The number of para-hydroxylation sites is 2. The van der Waals surface area contributed by atoms with Crippen molar-refractivity contribution >= 4 is 65.5 Å². The van der Waals surface area contributed by atoms with Crippen LogP contribution in [0.25, 0.3) is 43.6 Å². The topological polar surface area (TPSA) is 99.4 Å². The molecule has 4 heterocycles. The van der Waals surface area contributed by atoms with Crippen LogP contribution in [0.4, 0.5) is 0 Å². The molecular formula is C30H33N3O5S. The van der Waals surface area contributed by atoms with Crippen LogP contribution >= 0.6 is 0 Å². The number of amides is 2. The fourth-order valence-electron chi connectivity index (χ4n) is 6.41. The summed E-state index contributed by atoms with van der Waals surface area (Å²) in [6, 6.07) is 15.5. The van der Waals surface area contributed by atoms with Crippen LogP contribution in [0.1, 0.15) is 73.8 Å². The lowest BCUT2D eigenvalue weighted by Crippen LogP contribution is -2.20. The zero-order valence-electron chi connectivity index (χ0n) is 21.7. The van der Waals surface area contributed by atoms with E-state index in [4.69, 9.17) is 4.18 Å². The lowest BCUT2D eigenvalue weighted by atomic mass is 9.96. The van der Waals surface area contributed by atoms with Gasteiger partial charge in [0, 0.05) is 38.6 Å². The van der Waals surface area contributed by atoms with E-state index in [9.17, 15) is 18.0 Å². The number of carbonyl (C=O) groups excluding carboxylic acids is 2. The van der Waals surface area contributed by atoms with Gasteiger partial charge in [0.2, 0.25) is 0 Å². The van der Waals surface area contributed by atoms with E-state index in [1.807, 2.05) is 62.4 Å². The van der Waals surface area contributed by atoms with E-state index < -0.39 is 16.0 Å². The molecule has 0 fully saturated rings. The third kappa shape index (κ3) is 3.71. The number of fused-ring (bicyclic) bond motifs is 9. The summed E-state index contributed by atoms with van der Waals surface area (Å²) >= 11 is 0. The molecule has 0 spiro atoms. The average Bonchev–Trinajstić information content (AvgIpc) is 3.48. The van der Waals surface area contributed by atoms with Crippen molar-refractivity contribution < 1.29 is 22.2 Å². The van der Waals surface area contributed by atoms with Crippen molar-refractivity contribution in [3.63, 3.8) is 0 Å². The maximum Gasteiger partial charge on any atom is 0.264 e. The predicted molar refractivity (Wildman–Crippen MR) is 156 cm³/mol. The Morgan fingerprint density at radius 1 is 0.846 bits per heavy atom. The van der Waals surface area contributed by atoms with E-state index in [0.29, 0.717) is 17.5 Å². The number of hydrogen-bond donors (Lipinski definition) is 1. The number of nitrogens with zero attached hydrogens (tertiary/aromatic N) is 2. The molecule has 2 atom stereocenters. The zero-order chi connectivity index (χ0) is 26.9. The van der Waals surface area contributed by atoms with Crippen molar-refractivity contribution in [2.45, 2.75) is 53.1 Å². The summed E-state index contributed by atoms with van der Waals surface area (Å²) in [7, 11) is -3.66. The highest BCUT2D eigenvalue weighted by Crippen LogP contribution is 2.50. The highest BCUT2D eigenvalue weighted by molar-refractivity contribution is 7.85. The van der Waals surface area contributed by atoms with Gasteiger partial charge in [-0.25, -0.2) is 0 Å². The molecule has 2 aromatic heterocycles. The van der Waals surface area contributed by atoms with Crippen LogP contribution in [0.15, 0.2) is 48.5 Å². The van der Waals surface area contributed by atoms with Crippen molar-refractivity contribution in [1.82, 2.24) is 14.5 Å². The number of nitrogens with one attached hydrogen (secondary N) is 1. The van der Waals surface area contributed by atoms with Crippen molar-refractivity contribution in [2.75, 3.05) is 12.9 Å². The second kappa shape index (κ2) is 9.50. The fourth-order valence-corrected chi connectivity index (χ4v) is 6.81. The molecule has 5 aromatic rings. The summed E-state index contributed by atoms with van der Waals surface area (Å²) in [5.74, 6) is -0.789. The van der Waals surface area contributed by atoms with E-state index >= 15 is 0 Å². The highest BCUT2D eigenvalue weighted by Gasteiger charge is 2.39. The second-order valence-corrected chi connectivity index (χ2v) is 11.3. The van der Waals surface area contributed by atoms with Gasteiger partial charge in [0.15, 0.2) is 0 Å². The van der Waals surface area contributed by atoms with Gasteiger partial charge >= 0.3 is 0 Å². The third-order valence-electron chi connectivity index (χ3n) is 7.70. The molecule has 0 unspecified atom stereocenters. The first-order valence-electron chi connectivity index (χ1n) is 13.0. The minimum absolute atomic E-state index is 0. The van der Waals surface area contributed by atoms with Crippen molar-refractivity contribution in [1.29, 1.82) is 0 Å². The van der Waals surface area contributed by atoms with Crippen LogP contribution in [0.3, 0.4) is 0 Å². The normalized spacial score (nSPS) is 18.3. The molecule has 3 aromatic carbocycles. The summed E-state index contributed by atoms with van der Waals surface area (Å²) in [6.07, 6.45) is 2.49. The maximum absolute atomic E-state index is 13.2. The van der Waals surface area contributed by atoms with Gasteiger partial charge in [-0.3, -0.25) is 19.1 Å². The number of benzene rings is 3. The molecule has 0 aliphatic carbocycles. The van der Waals surface area contributed by atoms with Gasteiger partial charge in [-0.05, 0) is 25.0 Å². The van der Waals surface area contributed by atoms with E-state index in [-0.39, 0.29) is 32.0 Å². The first-order chi connectivity index (χ1) is 18.3. The van der Waals surface area contributed by atoms with Gasteiger partial charge in [-0.1, -0.05) is 64.6 Å². The predicted octanol–water partition coefficient (Wildman–Crippen LogP) is 6.32. The first kappa shape index (κ1) is 26.9. The second-order valence-electron chi connectivity index (χ2n) is 9.70. The molecule has 0 radical (unpaired) electrons. The summed E-state index contributed by atoms with van der Waals surface area (Å²) < 4.78 is 33.8. The quantitative estimate of drug-likeness (QED) is 0.210. The molecule has 204 valence electrons. The number of carbonyl (C=O) groups is 2. The smallest absolute Gasteiger partial charge is 0.264 e. The van der Waals surface area contributed by atoms with Gasteiger partial charge in [-0.15, -0.1) is 0 Å². The largest absolute Gasteiger partial charge is 0.336 e. The van der Waals surface area contributed by atoms with Crippen LogP contribution < -0.4 is 5.32 Å². The monoisotopic (exact) mass is 547 g/mol. The standard InChI is InChI=1S/C27H23N3O5S.C2H6.CH4/c1-3-14-12-15(13-35-36(2,33)34)30-19-11-7-5-9-17(19)21-23-22(26(31)28-27(23)32)20-16-8-4-6-10-18(16)29(14)24(20)25(21)30;1-2;/h4-11,14-15H,3,12-13H2,1-2H3,(H,28,31,32);1-2H3;1H4/t14-,15+;;/m0../s1. The molecule has 2 aliphatic heterocycles. The number of imide groups is 1. The Morgan fingerprint density at radius 3 is 1.77 bits per heavy atom. The Bertz CT molecular complexity index is 1920. The summed E-state index contributed by atoms with van der Waals surface area (Å²) in [4.78, 5) is 26.5. The Hall–Kier alpha value is -3.69. The molecule has 0 saturated heterocycles. The SMILES string of the molecule is C.CC.CC[C@H]1C[C@H](COS(C)(=O)=O)n2c3ccccc3c3c4c(c5c6ccccc6n1c5c32)C(=O)NC4=O. The van der Waals surface area contributed by atoms with E-state index in [1.54, 1.807) is 0 Å². The molecule has 0 bridgehead atoms. The minimum Gasteiger partial charge on any atom is -0.336 e. The van der Waals surface area contributed by atoms with Crippen LogP contribution in [-0.4, -0.2) is 42.2 Å². The van der Waals surface area contributed by atoms with Crippen LogP contribution in [0.5, 0.6) is 0 Å². The lowest BCUT2D eigenvalue weighted by molar-refractivity contribution is 0.0880. The van der Waals surface area contributed by atoms with Crippen molar-refractivity contribution in [3.8, 4) is 0 Å². The number of rotatable bonds is 4. The summed E-state index contributed by atoms with van der Waals surface area (Å²) in [5, 5.41) is 5.80. The van der Waals surface area contributed by atoms with E-state index in [1.165, 1.54) is 0 Å². The molecule has 39 heavy (non-hydrogen) atoms. The Balaban J connectivity index is 0.00000101. The molecule has 9 heteroatoms. The fraction of sp³-hybridized carbons (Fsp3) is 0.333. The van der Waals surface area contributed by atoms with Gasteiger partial charge in [-0.2, -0.15) is 8.42 Å². The third-order valence-corrected chi connectivity index (χ3v) is 8.26. The van der Waals surface area contributed by atoms with Crippen molar-refractivity contribution in [2.24, 2.45) is 0 Å². The van der Waals surface area contributed by atoms with Gasteiger partial charge in [0.1, 0.15) is 0 Å². The van der Waals surface area contributed by atoms with E-state index in [2.05, 4.69) is 21.4 Å². The van der Waals surface area contributed by atoms with Crippen LogP contribution in [0.2, 0.25) is 0 Å². The zero-order valence-corrected chi connectivity index (χ0v) is 22.6. The van der Waals surface area contributed by atoms with Crippen LogP contribution in [0, 0.1) is 0 Å². The van der Waals surface area contributed by atoms with Gasteiger partial charge in [0.05, 0.1) is 41.1 Å². The van der Waals surface area contributed by atoms with Crippen LogP contribution in [-0.2, 0) is 14.3 Å². The summed E-state index contributed by atoms with van der Waals surface area (Å²) in [6.45, 7) is 6.09. The molecule has 1 N–H and O–H groups in total.